The van der Waals surface area contributed by atoms with E-state index in [9.17, 15) is 4.79 Å². The zero-order valence-electron chi connectivity index (χ0n) is 13.8. The van der Waals surface area contributed by atoms with Gasteiger partial charge in [-0.1, -0.05) is 72.1 Å². The van der Waals surface area contributed by atoms with Crippen molar-refractivity contribution in [3.05, 3.63) is 0 Å². The smallest absolute Gasteiger partial charge is 0.322 e. The molecule has 0 amide bonds. The summed E-state index contributed by atoms with van der Waals surface area (Å²) in [6, 6.07) is -0.450. The van der Waals surface area contributed by atoms with Crippen LogP contribution >= 0.6 is 0 Å². The lowest BCUT2D eigenvalue weighted by molar-refractivity contribution is -0.145. The Morgan fingerprint density at radius 2 is 1.45 bits per heavy atom. The topological polar surface area (TPSA) is 52.3 Å². The van der Waals surface area contributed by atoms with E-state index in [-0.39, 0.29) is 5.97 Å². The fourth-order valence-electron chi connectivity index (χ4n) is 2.30. The molecule has 120 valence electrons. The minimum atomic E-state index is -0.450. The molecule has 0 aliphatic rings. The predicted molar refractivity (Wildman–Crippen MR) is 85.6 cm³/mol. The van der Waals surface area contributed by atoms with Gasteiger partial charge in [-0.2, -0.15) is 0 Å². The van der Waals surface area contributed by atoms with Crippen molar-refractivity contribution in [3.8, 4) is 0 Å². The molecule has 0 aliphatic carbocycles. The van der Waals surface area contributed by atoms with Crippen LogP contribution in [-0.4, -0.2) is 18.6 Å². The second-order valence-electron chi connectivity index (χ2n) is 6.23. The average molecular weight is 285 g/mol. The maximum Gasteiger partial charge on any atom is 0.322 e. The molecular formula is C17H35NO2. The first-order chi connectivity index (χ1) is 9.57. The van der Waals surface area contributed by atoms with Gasteiger partial charge in [-0.3, -0.25) is 4.79 Å². The molecule has 3 heteroatoms. The van der Waals surface area contributed by atoms with Crippen molar-refractivity contribution in [1.82, 2.24) is 0 Å². The summed E-state index contributed by atoms with van der Waals surface area (Å²) in [5.41, 5.74) is 5.76. The first kappa shape index (κ1) is 19.4. The Labute approximate surface area is 125 Å². The first-order valence-corrected chi connectivity index (χ1v) is 8.50. The van der Waals surface area contributed by atoms with Crippen molar-refractivity contribution < 1.29 is 9.53 Å². The summed E-state index contributed by atoms with van der Waals surface area (Å²) in [6.07, 6.45) is 12.2. The number of ether oxygens (including phenoxy) is 1. The lowest BCUT2D eigenvalue weighted by Gasteiger charge is -2.13. The molecule has 0 saturated carbocycles. The van der Waals surface area contributed by atoms with Crippen LogP contribution < -0.4 is 5.73 Å². The Balaban J connectivity index is 3.29. The standard InChI is InChI=1S/C17H35NO2/c1-4-5-6-7-8-9-10-11-12-13-20-17(19)16(18)14-15(2)3/h15-16H,4-14,18H2,1-3H3/t16-/m0/s1. The maximum absolute atomic E-state index is 11.6. The molecule has 0 aromatic heterocycles. The van der Waals surface area contributed by atoms with Crippen molar-refractivity contribution in [2.75, 3.05) is 6.61 Å². The summed E-state index contributed by atoms with van der Waals surface area (Å²) in [5.74, 6) is 0.198. The zero-order valence-corrected chi connectivity index (χ0v) is 13.8. The highest BCUT2D eigenvalue weighted by Crippen LogP contribution is 2.10. The van der Waals surface area contributed by atoms with Crippen LogP contribution in [0, 0.1) is 5.92 Å². The fourth-order valence-corrected chi connectivity index (χ4v) is 2.30. The number of hydrogen-bond donors (Lipinski definition) is 1. The molecule has 20 heavy (non-hydrogen) atoms. The number of rotatable bonds is 13. The van der Waals surface area contributed by atoms with Gasteiger partial charge in [0, 0.05) is 0 Å². The second-order valence-corrected chi connectivity index (χ2v) is 6.23. The molecule has 0 radical (unpaired) electrons. The third-order valence-electron chi connectivity index (χ3n) is 3.52. The van der Waals surface area contributed by atoms with E-state index < -0.39 is 6.04 Å². The third-order valence-corrected chi connectivity index (χ3v) is 3.52. The summed E-state index contributed by atoms with van der Waals surface area (Å²) in [7, 11) is 0. The minimum Gasteiger partial charge on any atom is -0.465 e. The van der Waals surface area contributed by atoms with E-state index in [0.717, 1.165) is 12.8 Å². The van der Waals surface area contributed by atoms with Crippen LogP contribution in [0.4, 0.5) is 0 Å². The summed E-state index contributed by atoms with van der Waals surface area (Å²) in [6.45, 7) is 6.90. The maximum atomic E-state index is 11.6. The number of carbonyl (C=O) groups is 1. The second kappa shape index (κ2) is 13.4. The van der Waals surface area contributed by atoms with E-state index in [4.69, 9.17) is 10.5 Å². The molecule has 0 heterocycles. The zero-order chi connectivity index (χ0) is 15.2. The summed E-state index contributed by atoms with van der Waals surface area (Å²) < 4.78 is 5.20. The van der Waals surface area contributed by atoms with Crippen molar-refractivity contribution in [2.24, 2.45) is 11.7 Å². The summed E-state index contributed by atoms with van der Waals surface area (Å²) in [5, 5.41) is 0. The Hall–Kier alpha value is -0.570. The van der Waals surface area contributed by atoms with E-state index >= 15 is 0 Å². The van der Waals surface area contributed by atoms with Crippen LogP contribution in [-0.2, 0) is 9.53 Å². The van der Waals surface area contributed by atoms with Gasteiger partial charge in [-0.15, -0.1) is 0 Å². The number of unbranched alkanes of at least 4 members (excludes halogenated alkanes) is 8. The molecule has 0 unspecified atom stereocenters. The van der Waals surface area contributed by atoms with E-state index in [1.807, 2.05) is 0 Å². The van der Waals surface area contributed by atoms with E-state index in [1.165, 1.54) is 44.9 Å². The third kappa shape index (κ3) is 12.5. The molecule has 0 aromatic rings. The quantitative estimate of drug-likeness (QED) is 0.402. The SMILES string of the molecule is CCCCCCCCCCCOC(=O)[C@@H](N)CC(C)C. The van der Waals surface area contributed by atoms with Crippen molar-refractivity contribution in [2.45, 2.75) is 91.0 Å². The van der Waals surface area contributed by atoms with Crippen LogP contribution in [0.1, 0.15) is 85.0 Å². The van der Waals surface area contributed by atoms with Crippen LogP contribution in [0.3, 0.4) is 0 Å². The molecule has 0 rings (SSSR count). The van der Waals surface area contributed by atoms with Gasteiger partial charge in [0.25, 0.3) is 0 Å². The van der Waals surface area contributed by atoms with Crippen molar-refractivity contribution >= 4 is 5.97 Å². The molecule has 2 N–H and O–H groups in total. The lowest BCUT2D eigenvalue weighted by atomic mass is 10.1. The Morgan fingerprint density at radius 3 is 1.95 bits per heavy atom. The highest BCUT2D eigenvalue weighted by atomic mass is 16.5. The summed E-state index contributed by atoms with van der Waals surface area (Å²) in [4.78, 5) is 11.6. The molecule has 0 aromatic carbocycles. The summed E-state index contributed by atoms with van der Waals surface area (Å²) >= 11 is 0. The van der Waals surface area contributed by atoms with Gasteiger partial charge in [0.2, 0.25) is 0 Å². The molecule has 0 aliphatic heterocycles. The van der Waals surface area contributed by atoms with E-state index in [0.29, 0.717) is 18.9 Å². The number of nitrogens with two attached hydrogens (primary N) is 1. The normalized spacial score (nSPS) is 12.7. The first-order valence-electron chi connectivity index (χ1n) is 8.50. The van der Waals surface area contributed by atoms with Crippen molar-refractivity contribution in [3.63, 3.8) is 0 Å². The molecule has 0 fully saturated rings. The van der Waals surface area contributed by atoms with Gasteiger partial charge in [-0.25, -0.2) is 0 Å². The fraction of sp³-hybridized carbons (Fsp3) is 0.941. The Bertz CT molecular complexity index is 229. The Morgan fingerprint density at radius 1 is 0.950 bits per heavy atom. The molecule has 0 saturated heterocycles. The Kier molecular flexibility index (Phi) is 13.0. The van der Waals surface area contributed by atoms with Gasteiger partial charge in [0.1, 0.15) is 6.04 Å². The minimum absolute atomic E-state index is 0.238. The highest BCUT2D eigenvalue weighted by molar-refractivity contribution is 5.75. The van der Waals surface area contributed by atoms with Crippen LogP contribution in [0.2, 0.25) is 0 Å². The molecule has 3 nitrogen and oxygen atoms in total. The van der Waals surface area contributed by atoms with Gasteiger partial charge in [0.05, 0.1) is 6.61 Å². The van der Waals surface area contributed by atoms with Gasteiger partial charge in [0.15, 0.2) is 0 Å². The number of hydrogen-bond acceptors (Lipinski definition) is 3. The highest BCUT2D eigenvalue weighted by Gasteiger charge is 2.15. The molecule has 1 atom stereocenters. The van der Waals surface area contributed by atoms with Crippen LogP contribution in [0.15, 0.2) is 0 Å². The number of esters is 1. The van der Waals surface area contributed by atoms with Crippen LogP contribution in [0.5, 0.6) is 0 Å². The lowest BCUT2D eigenvalue weighted by Crippen LogP contribution is -2.33. The van der Waals surface area contributed by atoms with E-state index in [2.05, 4.69) is 20.8 Å². The number of carbonyl (C=O) groups excluding carboxylic acids is 1. The van der Waals surface area contributed by atoms with E-state index in [1.54, 1.807) is 0 Å². The monoisotopic (exact) mass is 285 g/mol. The largest absolute Gasteiger partial charge is 0.465 e. The molecule has 0 spiro atoms. The van der Waals surface area contributed by atoms with Gasteiger partial charge in [-0.05, 0) is 18.8 Å². The molecule has 0 bridgehead atoms. The van der Waals surface area contributed by atoms with Crippen molar-refractivity contribution in [1.29, 1.82) is 0 Å². The van der Waals surface area contributed by atoms with Gasteiger partial charge < -0.3 is 10.5 Å². The van der Waals surface area contributed by atoms with Gasteiger partial charge >= 0.3 is 5.97 Å². The predicted octanol–water partition coefficient (Wildman–Crippen LogP) is 4.43. The average Bonchev–Trinajstić information content (AvgIpc) is 2.39. The van der Waals surface area contributed by atoms with Crippen LogP contribution in [0.25, 0.3) is 0 Å². The molecular weight excluding hydrogens is 250 g/mol.